The van der Waals surface area contributed by atoms with Gasteiger partial charge in [-0.2, -0.15) is 13.2 Å². The summed E-state index contributed by atoms with van der Waals surface area (Å²) in [7, 11) is 3.00. The van der Waals surface area contributed by atoms with Crippen molar-refractivity contribution >= 4 is 46.5 Å². The Morgan fingerprint density at radius 2 is 1.69 bits per heavy atom. The summed E-state index contributed by atoms with van der Waals surface area (Å²) in [4.78, 5) is 36.2. The predicted octanol–water partition coefficient (Wildman–Crippen LogP) is 7.82. The first kappa shape index (κ1) is 39.2. The van der Waals surface area contributed by atoms with Gasteiger partial charge in [0.05, 0.1) is 43.3 Å². The largest absolute Gasteiger partial charge is 0.496 e. The molecule has 0 radical (unpaired) electrons. The third-order valence-electron chi connectivity index (χ3n) is 8.00. The summed E-state index contributed by atoms with van der Waals surface area (Å²) in [6.07, 6.45) is -1.69. The van der Waals surface area contributed by atoms with E-state index in [0.717, 1.165) is 24.0 Å². The zero-order valence-electron chi connectivity index (χ0n) is 28.8. The average molecular weight is 765 g/mol. The molecule has 1 aromatic heterocycles. The van der Waals surface area contributed by atoms with Crippen molar-refractivity contribution in [2.24, 2.45) is 10.7 Å². The van der Waals surface area contributed by atoms with Gasteiger partial charge in [-0.1, -0.05) is 35.9 Å². The van der Waals surface area contributed by atoms with E-state index in [2.05, 4.69) is 15.6 Å². The normalized spacial score (nSPS) is 11.8. The van der Waals surface area contributed by atoms with Crippen LogP contribution in [-0.4, -0.2) is 59.6 Å². The number of methoxy groups -OCH3 is 2. The smallest absolute Gasteiger partial charge is 0.490 e. The number of anilines is 3. The Balaban J connectivity index is 0.000000730. The fourth-order valence-electron chi connectivity index (χ4n) is 5.50. The molecule has 11 nitrogen and oxygen atoms in total. The number of alkyl halides is 3. The molecule has 0 aliphatic carbocycles. The standard InChI is InChI=1S/C36H32ClFN6O3.C2HF3O2/c1-46-30-10-4-9-29(38)32(30)34-28-17-23(37)11-13-26(28)33-22(19-40-34)20-41-36(44-33)43-25-12-14-27(31(18-25)47-2)35(45)42-24-8-3-6-21(16-24)7-5-15-39;3-2(4,5)1(6)7/h3-4,6,8-14,16-18,20H,5,7,15,19,39H2,1-2H3,(H,42,45)(H,41,43,44);(H,6,7). The number of amides is 1. The Hall–Kier alpha value is -6.06. The van der Waals surface area contributed by atoms with Gasteiger partial charge in [0.1, 0.15) is 17.3 Å². The second-order valence-electron chi connectivity index (χ2n) is 11.6. The topological polar surface area (TPSA) is 161 Å². The van der Waals surface area contributed by atoms with Gasteiger partial charge in [0.15, 0.2) is 0 Å². The number of fused-ring (bicyclic) bond motifs is 3. The Morgan fingerprint density at radius 3 is 2.39 bits per heavy atom. The molecule has 1 aliphatic rings. The molecule has 0 atom stereocenters. The van der Waals surface area contributed by atoms with Crippen molar-refractivity contribution in [3.05, 3.63) is 124 Å². The molecule has 0 spiro atoms. The van der Waals surface area contributed by atoms with Crippen molar-refractivity contribution in [1.82, 2.24) is 9.97 Å². The number of carbonyl (C=O) groups excluding carboxylic acids is 1. The molecule has 5 N–H and O–H groups in total. The summed E-state index contributed by atoms with van der Waals surface area (Å²) in [6, 6.07) is 22.8. The van der Waals surface area contributed by atoms with E-state index < -0.39 is 18.0 Å². The van der Waals surface area contributed by atoms with E-state index in [1.165, 1.54) is 20.3 Å². The van der Waals surface area contributed by atoms with Crippen molar-refractivity contribution in [1.29, 1.82) is 0 Å². The van der Waals surface area contributed by atoms with E-state index >= 15 is 4.39 Å². The second-order valence-corrected chi connectivity index (χ2v) is 12.1. The summed E-state index contributed by atoms with van der Waals surface area (Å²) in [6.45, 7) is 0.815. The number of carboxylic acids is 1. The third-order valence-corrected chi connectivity index (χ3v) is 8.23. The molecular formula is C38H33ClF4N6O5. The van der Waals surface area contributed by atoms with Crippen molar-refractivity contribution in [2.45, 2.75) is 25.6 Å². The van der Waals surface area contributed by atoms with Crippen LogP contribution in [0.4, 0.5) is 34.9 Å². The molecule has 2 heterocycles. The number of carboxylic acid groups (broad SMARTS) is 1. The van der Waals surface area contributed by atoms with Crippen LogP contribution in [0.5, 0.6) is 11.5 Å². The fraction of sp³-hybridized carbons (Fsp3) is 0.184. The highest BCUT2D eigenvalue weighted by molar-refractivity contribution is 6.31. The minimum absolute atomic E-state index is 0.211. The molecule has 16 heteroatoms. The fourth-order valence-corrected chi connectivity index (χ4v) is 5.67. The molecular weight excluding hydrogens is 732 g/mol. The molecule has 54 heavy (non-hydrogen) atoms. The van der Waals surface area contributed by atoms with Gasteiger partial charge in [0.25, 0.3) is 5.91 Å². The summed E-state index contributed by atoms with van der Waals surface area (Å²) in [5.74, 6) is -2.48. The Bertz CT molecular complexity index is 2220. The van der Waals surface area contributed by atoms with Crippen LogP contribution >= 0.6 is 11.6 Å². The number of hydrogen-bond donors (Lipinski definition) is 4. The molecule has 0 fully saturated rings. The molecule has 1 aliphatic heterocycles. The number of nitrogens with two attached hydrogens (primary N) is 1. The highest BCUT2D eigenvalue weighted by Crippen LogP contribution is 2.36. The van der Waals surface area contributed by atoms with Crippen molar-refractivity contribution in [2.75, 3.05) is 31.4 Å². The zero-order valence-corrected chi connectivity index (χ0v) is 29.6. The Morgan fingerprint density at radius 1 is 0.944 bits per heavy atom. The maximum atomic E-state index is 15.2. The third kappa shape index (κ3) is 9.29. The lowest BCUT2D eigenvalue weighted by Gasteiger charge is -2.15. The van der Waals surface area contributed by atoms with Gasteiger partial charge in [0, 0.05) is 45.4 Å². The minimum atomic E-state index is -5.08. The first-order valence-corrected chi connectivity index (χ1v) is 16.6. The Kier molecular flexibility index (Phi) is 12.5. The van der Waals surface area contributed by atoms with E-state index in [9.17, 15) is 18.0 Å². The van der Waals surface area contributed by atoms with Crippen LogP contribution in [0.3, 0.4) is 0 Å². The number of rotatable bonds is 10. The molecule has 1 amide bonds. The lowest BCUT2D eigenvalue weighted by molar-refractivity contribution is -0.192. The van der Waals surface area contributed by atoms with Gasteiger partial charge in [-0.05, 0) is 73.5 Å². The molecule has 0 bridgehead atoms. The summed E-state index contributed by atoms with van der Waals surface area (Å²) in [5, 5.41) is 13.8. The lowest BCUT2D eigenvalue weighted by Crippen LogP contribution is -2.21. The summed E-state index contributed by atoms with van der Waals surface area (Å²) < 4.78 is 58.0. The molecule has 0 saturated heterocycles. The second kappa shape index (κ2) is 17.2. The van der Waals surface area contributed by atoms with Crippen molar-refractivity contribution in [3.8, 4) is 22.8 Å². The van der Waals surface area contributed by atoms with Gasteiger partial charge >= 0.3 is 12.1 Å². The zero-order chi connectivity index (χ0) is 39.0. The average Bonchev–Trinajstić information content (AvgIpc) is 3.29. The summed E-state index contributed by atoms with van der Waals surface area (Å²) >= 11 is 6.43. The number of aryl methyl sites for hydroxylation is 1. The molecule has 5 aromatic rings. The maximum absolute atomic E-state index is 15.2. The highest BCUT2D eigenvalue weighted by atomic mass is 35.5. The quantitative estimate of drug-likeness (QED) is 0.104. The van der Waals surface area contributed by atoms with Crippen LogP contribution in [0.15, 0.2) is 90.1 Å². The van der Waals surface area contributed by atoms with Crippen LogP contribution in [-0.2, 0) is 17.8 Å². The predicted molar refractivity (Wildman–Crippen MR) is 197 cm³/mol. The number of halogens is 5. The van der Waals surface area contributed by atoms with Gasteiger partial charge in [-0.15, -0.1) is 0 Å². The molecule has 4 aromatic carbocycles. The monoisotopic (exact) mass is 764 g/mol. The first-order valence-electron chi connectivity index (χ1n) is 16.2. The highest BCUT2D eigenvalue weighted by Gasteiger charge is 2.38. The number of aromatic nitrogens is 2. The molecule has 280 valence electrons. The van der Waals surface area contributed by atoms with Crippen LogP contribution in [0.2, 0.25) is 5.02 Å². The number of nitrogens with one attached hydrogen (secondary N) is 2. The number of aliphatic carboxylic acids is 1. The minimum Gasteiger partial charge on any atom is -0.496 e. The number of carbonyl (C=O) groups is 2. The van der Waals surface area contributed by atoms with Crippen LogP contribution in [0, 0.1) is 5.82 Å². The van der Waals surface area contributed by atoms with Crippen LogP contribution in [0.1, 0.15) is 39.0 Å². The van der Waals surface area contributed by atoms with Gasteiger partial charge < -0.3 is 30.9 Å². The number of ether oxygens (including phenoxy) is 2. The molecule has 0 unspecified atom stereocenters. The number of nitrogens with zero attached hydrogens (tertiary/aromatic N) is 3. The number of hydrogen-bond acceptors (Lipinski definition) is 9. The summed E-state index contributed by atoms with van der Waals surface area (Å²) in [5.41, 5.74) is 11.8. The Labute approximate surface area is 311 Å². The van der Waals surface area contributed by atoms with Crippen molar-refractivity contribution in [3.63, 3.8) is 0 Å². The lowest BCUT2D eigenvalue weighted by atomic mass is 9.94. The first-order chi connectivity index (χ1) is 25.8. The van der Waals surface area contributed by atoms with E-state index in [-0.39, 0.29) is 18.0 Å². The van der Waals surface area contributed by atoms with Crippen molar-refractivity contribution < 1.29 is 41.7 Å². The van der Waals surface area contributed by atoms with Gasteiger partial charge in [0.2, 0.25) is 5.95 Å². The SMILES string of the molecule is COc1cc(Nc2ncc3c(n2)-c2ccc(Cl)cc2C(c2c(F)cccc2OC)=NC3)ccc1C(=O)Nc1cccc(CCCN)c1.O=C(O)C(F)(F)F. The van der Waals surface area contributed by atoms with E-state index in [1.807, 2.05) is 30.3 Å². The van der Waals surface area contributed by atoms with Gasteiger partial charge in [-0.3, -0.25) is 9.79 Å². The van der Waals surface area contributed by atoms with Crippen LogP contribution < -0.4 is 25.8 Å². The van der Waals surface area contributed by atoms with E-state index in [1.54, 1.807) is 48.7 Å². The maximum Gasteiger partial charge on any atom is 0.490 e. The van der Waals surface area contributed by atoms with Gasteiger partial charge in [-0.25, -0.2) is 19.2 Å². The van der Waals surface area contributed by atoms with E-state index in [0.29, 0.717) is 68.5 Å². The number of benzene rings is 4. The van der Waals surface area contributed by atoms with Crippen LogP contribution in [0.25, 0.3) is 11.3 Å². The number of aliphatic imine (C=N–C) groups is 1. The molecule has 6 rings (SSSR count). The van der Waals surface area contributed by atoms with E-state index in [4.69, 9.17) is 46.7 Å². The molecule has 0 saturated carbocycles.